The first-order chi connectivity index (χ1) is 29.8. The number of ketones is 1. The molecule has 14 nitrogen and oxygen atoms in total. The lowest BCUT2D eigenvalue weighted by atomic mass is 9.44. The Morgan fingerprint density at radius 3 is 2.05 bits per heavy atom. The molecule has 2 bridgehead atoms. The van der Waals surface area contributed by atoms with Crippen molar-refractivity contribution < 1.29 is 67.0 Å². The number of Topliss-reactive ketones (excluding diaryl/α,β-unsaturated/α-hetero) is 1. The van der Waals surface area contributed by atoms with Crippen molar-refractivity contribution in [2.24, 2.45) is 16.7 Å². The van der Waals surface area contributed by atoms with Crippen molar-refractivity contribution in [1.29, 1.82) is 0 Å². The molecular formula is C49H52O14. The first-order valence-electron chi connectivity index (χ1n) is 20.9. The lowest BCUT2D eigenvalue weighted by Gasteiger charge is -2.68. The number of carbonyl (C=O) groups excluding carboxylic acids is 6. The van der Waals surface area contributed by atoms with Crippen LogP contribution in [0.2, 0.25) is 0 Å². The first kappa shape index (κ1) is 45.1. The Balaban J connectivity index is 1.34. The van der Waals surface area contributed by atoms with Crippen molar-refractivity contribution in [1.82, 2.24) is 0 Å². The zero-order valence-electron chi connectivity index (χ0n) is 36.3. The van der Waals surface area contributed by atoms with E-state index in [1.165, 1.54) is 26.8 Å². The van der Waals surface area contributed by atoms with Crippen molar-refractivity contribution in [3.63, 3.8) is 0 Å². The van der Waals surface area contributed by atoms with Crippen LogP contribution in [-0.2, 0) is 59.0 Å². The second-order valence-electron chi connectivity index (χ2n) is 17.4. The van der Waals surface area contributed by atoms with E-state index < -0.39 is 94.1 Å². The summed E-state index contributed by atoms with van der Waals surface area (Å²) in [5.41, 5.74) is -4.83. The third-order valence-corrected chi connectivity index (χ3v) is 13.3. The first-order valence-corrected chi connectivity index (χ1v) is 20.9. The fourth-order valence-corrected chi connectivity index (χ4v) is 10.2. The average molecular weight is 865 g/mol. The summed E-state index contributed by atoms with van der Waals surface area (Å²) >= 11 is 0. The van der Waals surface area contributed by atoms with Gasteiger partial charge in [-0.05, 0) is 66.5 Å². The third kappa shape index (κ3) is 8.23. The number of esters is 5. The predicted octanol–water partition coefficient (Wildman–Crippen LogP) is 6.07. The Hall–Kier alpha value is -5.96. The van der Waals surface area contributed by atoms with E-state index in [1.807, 2.05) is 30.3 Å². The van der Waals surface area contributed by atoms with Gasteiger partial charge in [-0.25, -0.2) is 9.59 Å². The van der Waals surface area contributed by atoms with Crippen molar-refractivity contribution in [2.45, 2.75) is 110 Å². The van der Waals surface area contributed by atoms with E-state index in [0.29, 0.717) is 16.7 Å². The van der Waals surface area contributed by atoms with Crippen LogP contribution in [0.1, 0.15) is 82.8 Å². The standard InChI is InChI=1S/C49H52O14/c1-28-36(59-29(2)50)25-49(56)44(57-26-33-14-10-8-11-15-33)42-47(7,37(60-30(3)51)24-38-48(42,27-58-38)63-31(4)52)43(54)41(40(28)46(49,5)6)62-39(53)23-20-32-18-21-35(22-19-32)61-45(55)34-16-12-9-13-17-34/h8-23,36-38,41-42,44,56H,24-27H2,1-7H3/b23-20+/t36-,37-,38+,41+,42-,44-,47+,48-,49+/m0/s1. The lowest BCUT2D eigenvalue weighted by Crippen LogP contribution is -2.82. The number of carbonyl (C=O) groups is 6. The zero-order valence-corrected chi connectivity index (χ0v) is 36.3. The fourth-order valence-electron chi connectivity index (χ4n) is 10.2. The Morgan fingerprint density at radius 1 is 0.825 bits per heavy atom. The van der Waals surface area contributed by atoms with E-state index in [2.05, 4.69) is 0 Å². The van der Waals surface area contributed by atoms with Gasteiger partial charge in [-0.2, -0.15) is 0 Å². The molecule has 2 saturated carbocycles. The zero-order chi connectivity index (χ0) is 45.5. The van der Waals surface area contributed by atoms with Crippen LogP contribution < -0.4 is 4.74 Å². The summed E-state index contributed by atoms with van der Waals surface area (Å²) in [6.07, 6.45) is -4.13. The van der Waals surface area contributed by atoms with E-state index >= 15 is 4.79 Å². The van der Waals surface area contributed by atoms with Crippen molar-refractivity contribution >= 4 is 41.7 Å². The molecule has 1 saturated heterocycles. The number of benzene rings is 3. The van der Waals surface area contributed by atoms with Crippen LogP contribution in [0, 0.1) is 16.7 Å². The van der Waals surface area contributed by atoms with E-state index in [0.717, 1.165) is 11.6 Å². The normalized spacial score (nSPS) is 30.6. The smallest absolute Gasteiger partial charge is 0.343 e. The molecule has 0 amide bonds. The van der Waals surface area contributed by atoms with Gasteiger partial charge >= 0.3 is 29.8 Å². The Kier molecular flexibility index (Phi) is 12.4. The minimum atomic E-state index is -2.05. The van der Waals surface area contributed by atoms with Crippen LogP contribution in [0.5, 0.6) is 5.75 Å². The van der Waals surface area contributed by atoms with Gasteiger partial charge in [0.25, 0.3) is 0 Å². The largest absolute Gasteiger partial charge is 0.461 e. The minimum Gasteiger partial charge on any atom is -0.461 e. The number of aliphatic hydroxyl groups is 1. The quantitative estimate of drug-likeness (QED) is 0.0770. The molecule has 1 N–H and O–H groups in total. The second kappa shape index (κ2) is 17.3. The van der Waals surface area contributed by atoms with Gasteiger partial charge < -0.3 is 38.3 Å². The van der Waals surface area contributed by atoms with Gasteiger partial charge in [0.1, 0.15) is 29.7 Å². The highest BCUT2D eigenvalue weighted by atomic mass is 16.6. The van der Waals surface area contributed by atoms with E-state index in [-0.39, 0.29) is 37.4 Å². The maximum atomic E-state index is 16.0. The molecule has 0 aromatic heterocycles. The highest BCUT2D eigenvalue weighted by Crippen LogP contribution is 2.65. The SMILES string of the molecule is CC(=O)O[C@H]1C[C@@]2(O)[C@@H](OCc3ccccc3)[C@@H]3[C@]4(OC(C)=O)CO[C@@H]4C[C@H](OC(C)=O)[C@@]3(C)C(=O)[C@H](OC(=O)/C=C/c3ccc(OC(=O)c4ccccc4)cc3)C(=C1C)C2(C)C. The number of hydrogen-bond donors (Lipinski definition) is 1. The van der Waals surface area contributed by atoms with Crippen LogP contribution in [0.25, 0.3) is 6.08 Å². The lowest BCUT2D eigenvalue weighted by molar-refractivity contribution is -0.352. The van der Waals surface area contributed by atoms with Gasteiger partial charge in [0.15, 0.2) is 17.5 Å². The maximum absolute atomic E-state index is 16.0. The summed E-state index contributed by atoms with van der Waals surface area (Å²) in [7, 11) is 0. The molecule has 0 radical (unpaired) electrons. The summed E-state index contributed by atoms with van der Waals surface area (Å²) < 4.78 is 42.7. The number of hydrogen-bond acceptors (Lipinski definition) is 14. The fraction of sp³-hybridized carbons (Fsp3) is 0.429. The molecular weight excluding hydrogens is 813 g/mol. The highest BCUT2D eigenvalue weighted by Gasteiger charge is 2.78. The summed E-state index contributed by atoms with van der Waals surface area (Å²) in [6, 6.07) is 24.0. The van der Waals surface area contributed by atoms with Crippen LogP contribution in [0.3, 0.4) is 0 Å². The molecule has 0 unspecified atom stereocenters. The monoisotopic (exact) mass is 864 g/mol. The summed E-state index contributed by atoms with van der Waals surface area (Å²) in [4.78, 5) is 81.4. The Bertz CT molecular complexity index is 2340. The van der Waals surface area contributed by atoms with Gasteiger partial charge in [-0.3, -0.25) is 19.2 Å². The molecule has 4 aliphatic rings. The molecule has 3 aromatic rings. The predicted molar refractivity (Wildman–Crippen MR) is 224 cm³/mol. The van der Waals surface area contributed by atoms with Gasteiger partial charge in [-0.1, -0.05) is 74.5 Å². The van der Waals surface area contributed by atoms with Gasteiger partial charge in [0.05, 0.1) is 30.3 Å². The molecule has 3 aliphatic carbocycles. The molecule has 9 atom stereocenters. The molecule has 3 aromatic carbocycles. The summed E-state index contributed by atoms with van der Waals surface area (Å²) in [5, 5.41) is 13.7. The van der Waals surface area contributed by atoms with Crippen LogP contribution in [-0.4, -0.2) is 89.1 Å². The minimum absolute atomic E-state index is 0.0690. The molecule has 0 spiro atoms. The van der Waals surface area contributed by atoms with Crippen LogP contribution in [0.15, 0.2) is 102 Å². The molecule has 3 fully saturated rings. The Morgan fingerprint density at radius 2 is 1.46 bits per heavy atom. The molecule has 63 heavy (non-hydrogen) atoms. The van der Waals surface area contributed by atoms with Crippen molar-refractivity contribution in [3.8, 4) is 5.75 Å². The summed E-state index contributed by atoms with van der Waals surface area (Å²) in [5.74, 6) is -5.29. The van der Waals surface area contributed by atoms with Gasteiger partial charge in [0, 0.05) is 51.0 Å². The molecule has 7 rings (SSSR count). The highest BCUT2D eigenvalue weighted by molar-refractivity contribution is 5.97. The summed E-state index contributed by atoms with van der Waals surface area (Å²) in [6.45, 7) is 10.0. The number of fused-ring (bicyclic) bond motifs is 5. The average Bonchev–Trinajstić information content (AvgIpc) is 3.23. The van der Waals surface area contributed by atoms with E-state index in [9.17, 15) is 29.1 Å². The topological polar surface area (TPSA) is 187 Å². The van der Waals surface area contributed by atoms with E-state index in [1.54, 1.807) is 82.3 Å². The third-order valence-electron chi connectivity index (χ3n) is 13.3. The van der Waals surface area contributed by atoms with Crippen molar-refractivity contribution in [3.05, 3.63) is 119 Å². The van der Waals surface area contributed by atoms with Crippen molar-refractivity contribution in [2.75, 3.05) is 6.61 Å². The van der Waals surface area contributed by atoms with Crippen LogP contribution >= 0.6 is 0 Å². The van der Waals surface area contributed by atoms with Gasteiger partial charge in [0.2, 0.25) is 0 Å². The number of rotatable bonds is 11. The molecule has 1 aliphatic heterocycles. The second-order valence-corrected chi connectivity index (χ2v) is 17.4. The van der Waals surface area contributed by atoms with Gasteiger partial charge in [-0.15, -0.1) is 0 Å². The maximum Gasteiger partial charge on any atom is 0.343 e. The van der Waals surface area contributed by atoms with Crippen LogP contribution in [0.4, 0.5) is 0 Å². The molecule has 1 heterocycles. The Labute approximate surface area is 365 Å². The molecule has 332 valence electrons. The van der Waals surface area contributed by atoms with E-state index in [4.69, 9.17) is 33.2 Å². The number of ether oxygens (including phenoxy) is 7. The molecule has 14 heteroatoms.